The molecule has 2 aromatic carbocycles. The van der Waals surface area contributed by atoms with Gasteiger partial charge in [-0.05, 0) is 80.9 Å². The van der Waals surface area contributed by atoms with Gasteiger partial charge < -0.3 is 9.88 Å². The van der Waals surface area contributed by atoms with Gasteiger partial charge in [-0.15, -0.1) is 0 Å². The largest absolute Gasteiger partial charge is 0.322 e. The molecule has 3 aromatic rings. The van der Waals surface area contributed by atoms with Crippen LogP contribution in [0.25, 0.3) is 5.69 Å². The molecule has 174 valence electrons. The van der Waals surface area contributed by atoms with Gasteiger partial charge in [0.2, 0.25) is 10.0 Å². The number of aryl methyl sites for hydroxylation is 2. The van der Waals surface area contributed by atoms with Gasteiger partial charge in [-0.1, -0.05) is 0 Å². The molecule has 0 bridgehead atoms. The van der Waals surface area contributed by atoms with E-state index in [0.717, 1.165) is 17.1 Å². The lowest BCUT2D eigenvalue weighted by Gasteiger charge is -2.12. The maximum absolute atomic E-state index is 12.6. The van der Waals surface area contributed by atoms with Crippen molar-refractivity contribution < 1.29 is 21.6 Å². The molecule has 1 aliphatic heterocycles. The first kappa shape index (κ1) is 23.2. The van der Waals surface area contributed by atoms with Crippen molar-refractivity contribution in [1.29, 1.82) is 0 Å². The molecule has 0 radical (unpaired) electrons. The highest BCUT2D eigenvalue weighted by molar-refractivity contribution is 7.92. The number of benzene rings is 2. The summed E-state index contributed by atoms with van der Waals surface area (Å²) in [7, 11) is -7.05. The number of hydrogen-bond acceptors (Lipinski definition) is 5. The summed E-state index contributed by atoms with van der Waals surface area (Å²) in [4.78, 5) is 12.6. The lowest BCUT2D eigenvalue weighted by molar-refractivity contribution is 0.102. The fraction of sp³-hybridized carbons (Fsp3) is 0.261. The molecule has 2 heterocycles. The van der Waals surface area contributed by atoms with Crippen LogP contribution in [0, 0.1) is 13.8 Å². The second-order valence-electron chi connectivity index (χ2n) is 8.20. The standard InChI is InChI=1S/C23H25N3O5S2/c1-16-3-4-17(2)26(16)21-9-5-18(6-10-21)23(27)24-19-7-11-22(12-8-19)33(30,31)25-20-13-14-32(28,29)15-20/h3-12,20,25H,13-15H2,1-2H3,(H,24,27)/t20-/m0/s1. The van der Waals surface area contributed by atoms with Crippen molar-refractivity contribution in [2.24, 2.45) is 0 Å². The van der Waals surface area contributed by atoms with Crippen molar-refractivity contribution in [2.75, 3.05) is 16.8 Å². The summed E-state index contributed by atoms with van der Waals surface area (Å²) in [5.74, 6) is -0.522. The molecule has 1 amide bonds. The number of carbonyl (C=O) groups excluding carboxylic acids is 1. The van der Waals surface area contributed by atoms with E-state index < -0.39 is 25.9 Å². The average molecular weight is 488 g/mol. The molecule has 1 saturated heterocycles. The summed E-state index contributed by atoms with van der Waals surface area (Å²) >= 11 is 0. The third kappa shape index (κ3) is 5.18. The van der Waals surface area contributed by atoms with E-state index in [4.69, 9.17) is 0 Å². The number of aromatic nitrogens is 1. The zero-order valence-electron chi connectivity index (χ0n) is 18.3. The van der Waals surface area contributed by atoms with E-state index in [-0.39, 0.29) is 28.7 Å². The van der Waals surface area contributed by atoms with Crippen molar-refractivity contribution in [2.45, 2.75) is 31.2 Å². The van der Waals surface area contributed by atoms with Crippen molar-refractivity contribution in [1.82, 2.24) is 9.29 Å². The Morgan fingerprint density at radius 3 is 2.09 bits per heavy atom. The first-order chi connectivity index (χ1) is 15.5. The molecule has 10 heteroatoms. The van der Waals surface area contributed by atoms with Crippen LogP contribution in [0.4, 0.5) is 5.69 Å². The zero-order valence-corrected chi connectivity index (χ0v) is 19.9. The Balaban J connectivity index is 1.42. The van der Waals surface area contributed by atoms with Crippen molar-refractivity contribution in [3.63, 3.8) is 0 Å². The fourth-order valence-electron chi connectivity index (χ4n) is 3.93. The number of nitrogens with one attached hydrogen (secondary N) is 2. The van der Waals surface area contributed by atoms with Gasteiger partial charge in [0.15, 0.2) is 9.84 Å². The Hall–Kier alpha value is -2.95. The molecule has 4 rings (SSSR count). The monoisotopic (exact) mass is 487 g/mol. The van der Waals surface area contributed by atoms with E-state index in [1.165, 1.54) is 24.3 Å². The predicted molar refractivity (Wildman–Crippen MR) is 127 cm³/mol. The number of sulfonamides is 1. The van der Waals surface area contributed by atoms with Gasteiger partial charge >= 0.3 is 0 Å². The second kappa shape index (κ2) is 8.77. The Morgan fingerprint density at radius 1 is 0.939 bits per heavy atom. The topological polar surface area (TPSA) is 114 Å². The second-order valence-corrected chi connectivity index (χ2v) is 12.1. The van der Waals surface area contributed by atoms with E-state index in [1.807, 2.05) is 38.1 Å². The number of rotatable bonds is 6. The molecular formula is C23H25N3O5S2. The van der Waals surface area contributed by atoms with Gasteiger partial charge in [-0.2, -0.15) is 0 Å². The molecule has 33 heavy (non-hydrogen) atoms. The summed E-state index contributed by atoms with van der Waals surface area (Å²) < 4.78 is 52.7. The SMILES string of the molecule is Cc1ccc(C)n1-c1ccc(C(=O)Nc2ccc(S(=O)(=O)N[C@H]3CCS(=O)(=O)C3)cc2)cc1. The summed E-state index contributed by atoms with van der Waals surface area (Å²) in [6, 6.07) is 16.4. The van der Waals surface area contributed by atoms with Crippen LogP contribution in [0.2, 0.25) is 0 Å². The van der Waals surface area contributed by atoms with E-state index >= 15 is 0 Å². The van der Waals surface area contributed by atoms with E-state index in [1.54, 1.807) is 12.1 Å². The number of amides is 1. The van der Waals surface area contributed by atoms with E-state index in [9.17, 15) is 21.6 Å². The third-order valence-electron chi connectivity index (χ3n) is 5.64. The van der Waals surface area contributed by atoms with Gasteiger partial charge in [0.25, 0.3) is 5.91 Å². The summed E-state index contributed by atoms with van der Waals surface area (Å²) in [6.45, 7) is 4.03. The summed E-state index contributed by atoms with van der Waals surface area (Å²) in [6.07, 6.45) is 0.262. The van der Waals surface area contributed by atoms with Crippen molar-refractivity contribution >= 4 is 31.5 Å². The Bertz CT molecular complexity index is 1370. The normalized spacial score (nSPS) is 17.7. The molecular weight excluding hydrogens is 462 g/mol. The highest BCUT2D eigenvalue weighted by Gasteiger charge is 2.31. The smallest absolute Gasteiger partial charge is 0.255 e. The van der Waals surface area contributed by atoms with Crippen LogP contribution in [0.3, 0.4) is 0 Å². The van der Waals surface area contributed by atoms with Crippen LogP contribution >= 0.6 is 0 Å². The lowest BCUT2D eigenvalue weighted by atomic mass is 10.2. The number of nitrogens with zero attached hydrogens (tertiary/aromatic N) is 1. The molecule has 1 atom stereocenters. The summed E-state index contributed by atoms with van der Waals surface area (Å²) in [5.41, 5.74) is 4.09. The maximum atomic E-state index is 12.6. The highest BCUT2D eigenvalue weighted by Crippen LogP contribution is 2.20. The lowest BCUT2D eigenvalue weighted by Crippen LogP contribution is -2.35. The molecule has 0 spiro atoms. The zero-order chi connectivity index (χ0) is 23.8. The van der Waals surface area contributed by atoms with Crippen molar-refractivity contribution in [3.05, 3.63) is 77.6 Å². The van der Waals surface area contributed by atoms with Gasteiger partial charge in [-0.3, -0.25) is 4.79 Å². The molecule has 8 nitrogen and oxygen atoms in total. The third-order valence-corrected chi connectivity index (χ3v) is 8.94. The predicted octanol–water partition coefficient (Wildman–Crippen LogP) is 2.81. The molecule has 2 N–H and O–H groups in total. The van der Waals surface area contributed by atoms with Gasteiger partial charge in [-0.25, -0.2) is 21.6 Å². The minimum absolute atomic E-state index is 0.00612. The van der Waals surface area contributed by atoms with E-state index in [0.29, 0.717) is 11.3 Å². The number of hydrogen-bond donors (Lipinski definition) is 2. The van der Waals surface area contributed by atoms with Crippen LogP contribution < -0.4 is 10.0 Å². The van der Waals surface area contributed by atoms with Crippen LogP contribution in [-0.2, 0) is 19.9 Å². The molecule has 1 aliphatic rings. The highest BCUT2D eigenvalue weighted by atomic mass is 32.2. The van der Waals surface area contributed by atoms with Crippen LogP contribution in [0.5, 0.6) is 0 Å². The molecule has 0 aliphatic carbocycles. The fourth-order valence-corrected chi connectivity index (χ4v) is 6.98. The van der Waals surface area contributed by atoms with E-state index in [2.05, 4.69) is 14.6 Å². The minimum Gasteiger partial charge on any atom is -0.322 e. The van der Waals surface area contributed by atoms with Crippen LogP contribution in [0.1, 0.15) is 28.2 Å². The summed E-state index contributed by atoms with van der Waals surface area (Å²) in [5, 5.41) is 2.76. The van der Waals surface area contributed by atoms with Gasteiger partial charge in [0.05, 0.1) is 16.4 Å². The molecule has 1 fully saturated rings. The molecule has 1 aromatic heterocycles. The van der Waals surface area contributed by atoms with Crippen LogP contribution in [0.15, 0.2) is 65.6 Å². The van der Waals surface area contributed by atoms with Crippen LogP contribution in [-0.4, -0.2) is 44.9 Å². The number of carbonyl (C=O) groups is 1. The first-order valence-corrected chi connectivity index (χ1v) is 13.7. The van der Waals surface area contributed by atoms with Gasteiger partial charge in [0.1, 0.15) is 0 Å². The Kier molecular flexibility index (Phi) is 6.17. The van der Waals surface area contributed by atoms with Gasteiger partial charge in [0, 0.05) is 34.4 Å². The molecule has 0 saturated carbocycles. The Labute approximate surface area is 193 Å². The average Bonchev–Trinajstić information content (AvgIpc) is 3.28. The Morgan fingerprint density at radius 2 is 1.55 bits per heavy atom. The molecule has 0 unspecified atom stereocenters. The maximum Gasteiger partial charge on any atom is 0.255 e. The number of anilines is 1. The first-order valence-electron chi connectivity index (χ1n) is 10.4. The van der Waals surface area contributed by atoms with Crippen molar-refractivity contribution in [3.8, 4) is 5.69 Å². The quantitative estimate of drug-likeness (QED) is 0.555. The number of sulfone groups is 1. The minimum atomic E-state index is -3.85.